The smallest absolute Gasteiger partial charge is 0.200 e. The first-order valence-corrected chi connectivity index (χ1v) is 11.9. The van der Waals surface area contributed by atoms with E-state index in [0.29, 0.717) is 23.8 Å². The summed E-state index contributed by atoms with van der Waals surface area (Å²) in [5.41, 5.74) is 3.35. The van der Waals surface area contributed by atoms with E-state index in [-0.39, 0.29) is 5.75 Å². The van der Waals surface area contributed by atoms with Crippen molar-refractivity contribution in [3.8, 4) is 5.75 Å². The second kappa shape index (κ2) is 12.0. The van der Waals surface area contributed by atoms with Gasteiger partial charge in [-0.25, -0.2) is 4.39 Å². The first-order valence-electron chi connectivity index (χ1n) is 11.9. The van der Waals surface area contributed by atoms with Crippen LogP contribution in [0.25, 0.3) is 0 Å². The average molecular weight is 427 g/mol. The van der Waals surface area contributed by atoms with Crippen LogP contribution in [0.4, 0.5) is 8.78 Å². The fourth-order valence-corrected chi connectivity index (χ4v) is 4.63. The Labute approximate surface area is 186 Å². The third kappa shape index (κ3) is 6.66. The molecule has 0 heterocycles. The summed E-state index contributed by atoms with van der Waals surface area (Å²) >= 11 is 0. The van der Waals surface area contributed by atoms with Crippen LogP contribution in [0.3, 0.4) is 0 Å². The monoisotopic (exact) mass is 426 g/mol. The van der Waals surface area contributed by atoms with Gasteiger partial charge in [-0.05, 0) is 86.0 Å². The van der Waals surface area contributed by atoms with E-state index in [9.17, 15) is 8.78 Å². The predicted octanol–water partition coefficient (Wildman–Crippen LogP) is 8.17. The van der Waals surface area contributed by atoms with Crippen LogP contribution < -0.4 is 4.74 Å². The van der Waals surface area contributed by atoms with Gasteiger partial charge < -0.3 is 4.74 Å². The maximum absolute atomic E-state index is 14.1. The van der Waals surface area contributed by atoms with Crippen molar-refractivity contribution in [3.63, 3.8) is 0 Å². The van der Waals surface area contributed by atoms with Gasteiger partial charge in [0.05, 0.1) is 7.11 Å². The molecule has 3 rings (SSSR count). The number of halogens is 2. The SMILES string of the molecule is CCCCCc1ccc(C2CCC(/C=C/CCc3ccc(OC)c(F)c3F)CC2)cc1. The Bertz CT molecular complexity index is 833. The van der Waals surface area contributed by atoms with Crippen LogP contribution >= 0.6 is 0 Å². The van der Waals surface area contributed by atoms with Gasteiger partial charge in [0.1, 0.15) is 0 Å². The maximum atomic E-state index is 14.1. The van der Waals surface area contributed by atoms with E-state index in [1.165, 1.54) is 75.7 Å². The summed E-state index contributed by atoms with van der Waals surface area (Å²) in [5.74, 6) is -0.451. The number of hydrogen-bond donors (Lipinski definition) is 0. The number of methoxy groups -OCH3 is 1. The highest BCUT2D eigenvalue weighted by Crippen LogP contribution is 2.36. The molecular weight excluding hydrogens is 390 g/mol. The molecule has 0 bridgehead atoms. The molecule has 2 aromatic rings. The first kappa shape index (κ1) is 23.5. The predicted molar refractivity (Wildman–Crippen MR) is 125 cm³/mol. The molecule has 1 saturated carbocycles. The third-order valence-electron chi connectivity index (χ3n) is 6.63. The minimum atomic E-state index is -0.892. The highest BCUT2D eigenvalue weighted by molar-refractivity contribution is 5.31. The molecule has 31 heavy (non-hydrogen) atoms. The Kier molecular flexibility index (Phi) is 9.12. The van der Waals surface area contributed by atoms with Crippen molar-refractivity contribution in [3.05, 3.63) is 76.9 Å². The fraction of sp³-hybridized carbons (Fsp3) is 0.500. The second-order valence-electron chi connectivity index (χ2n) is 8.83. The molecule has 0 saturated heterocycles. The highest BCUT2D eigenvalue weighted by Gasteiger charge is 2.20. The van der Waals surface area contributed by atoms with Gasteiger partial charge in [-0.15, -0.1) is 0 Å². The zero-order valence-corrected chi connectivity index (χ0v) is 19.0. The Morgan fingerprint density at radius 2 is 1.65 bits per heavy atom. The van der Waals surface area contributed by atoms with E-state index in [0.717, 1.165) is 6.42 Å². The van der Waals surface area contributed by atoms with E-state index in [2.05, 4.69) is 43.3 Å². The minimum absolute atomic E-state index is 0.0420. The number of aryl methyl sites for hydroxylation is 2. The van der Waals surface area contributed by atoms with Gasteiger partial charge in [-0.2, -0.15) is 4.39 Å². The first-order chi connectivity index (χ1) is 15.1. The number of rotatable bonds is 10. The molecule has 0 N–H and O–H groups in total. The van der Waals surface area contributed by atoms with Crippen LogP contribution in [0.15, 0.2) is 48.6 Å². The van der Waals surface area contributed by atoms with Gasteiger partial charge in [0.2, 0.25) is 5.82 Å². The molecular formula is C28H36F2O. The quantitative estimate of drug-likeness (QED) is 0.275. The van der Waals surface area contributed by atoms with E-state index in [4.69, 9.17) is 4.74 Å². The van der Waals surface area contributed by atoms with E-state index in [1.54, 1.807) is 6.07 Å². The molecule has 168 valence electrons. The van der Waals surface area contributed by atoms with Gasteiger partial charge in [0, 0.05) is 0 Å². The molecule has 1 aliphatic carbocycles. The lowest BCUT2D eigenvalue weighted by Gasteiger charge is -2.27. The largest absolute Gasteiger partial charge is 0.494 e. The van der Waals surface area contributed by atoms with Gasteiger partial charge in [0.15, 0.2) is 11.6 Å². The molecule has 0 aromatic heterocycles. The van der Waals surface area contributed by atoms with E-state index >= 15 is 0 Å². The van der Waals surface area contributed by atoms with Crippen LogP contribution in [0.2, 0.25) is 0 Å². The summed E-state index contributed by atoms with van der Waals surface area (Å²) in [6.45, 7) is 2.25. The second-order valence-corrected chi connectivity index (χ2v) is 8.83. The van der Waals surface area contributed by atoms with Gasteiger partial charge >= 0.3 is 0 Å². The lowest BCUT2D eigenvalue weighted by Crippen LogP contribution is -2.11. The molecule has 0 amide bonds. The Morgan fingerprint density at radius 1 is 0.903 bits per heavy atom. The molecule has 2 aromatic carbocycles. The molecule has 3 heteroatoms. The third-order valence-corrected chi connectivity index (χ3v) is 6.63. The number of ether oxygens (including phenoxy) is 1. The molecule has 0 atom stereocenters. The summed E-state index contributed by atoms with van der Waals surface area (Å²) in [6.07, 6.45) is 15.6. The summed E-state index contributed by atoms with van der Waals surface area (Å²) in [7, 11) is 1.35. The summed E-state index contributed by atoms with van der Waals surface area (Å²) in [4.78, 5) is 0. The van der Waals surface area contributed by atoms with Crippen molar-refractivity contribution in [2.45, 2.75) is 77.0 Å². The zero-order chi connectivity index (χ0) is 22.1. The van der Waals surface area contributed by atoms with Crippen molar-refractivity contribution in [2.75, 3.05) is 7.11 Å². The number of benzene rings is 2. The Morgan fingerprint density at radius 3 is 2.32 bits per heavy atom. The standard InChI is InChI=1S/C28H36F2O/c1-3-4-5-8-21-11-15-23(16-12-21)24-17-13-22(14-18-24)9-6-7-10-25-19-20-26(31-2)28(30)27(25)29/h6,9,11-12,15-16,19-20,22,24H,3-5,7-8,10,13-14,17-18H2,1-2H3/b9-6+. The van der Waals surface area contributed by atoms with Crippen LogP contribution in [0.5, 0.6) is 5.75 Å². The van der Waals surface area contributed by atoms with E-state index < -0.39 is 11.6 Å². The Balaban J connectivity index is 1.42. The molecule has 1 aliphatic rings. The Hall–Kier alpha value is -2.16. The highest BCUT2D eigenvalue weighted by atomic mass is 19.2. The van der Waals surface area contributed by atoms with Crippen molar-refractivity contribution >= 4 is 0 Å². The summed E-state index contributed by atoms with van der Waals surface area (Å²) in [5, 5.41) is 0. The maximum Gasteiger partial charge on any atom is 0.200 e. The molecule has 0 spiro atoms. The molecule has 0 radical (unpaired) electrons. The van der Waals surface area contributed by atoms with Gasteiger partial charge in [0.25, 0.3) is 0 Å². The van der Waals surface area contributed by atoms with Crippen LogP contribution in [0.1, 0.15) is 80.9 Å². The van der Waals surface area contributed by atoms with Crippen LogP contribution in [-0.2, 0) is 12.8 Å². The van der Waals surface area contributed by atoms with Crippen LogP contribution in [-0.4, -0.2) is 7.11 Å². The van der Waals surface area contributed by atoms with Crippen molar-refractivity contribution < 1.29 is 13.5 Å². The lowest BCUT2D eigenvalue weighted by atomic mass is 9.78. The minimum Gasteiger partial charge on any atom is -0.494 e. The summed E-state index contributed by atoms with van der Waals surface area (Å²) in [6, 6.07) is 12.4. The van der Waals surface area contributed by atoms with Crippen molar-refractivity contribution in [1.29, 1.82) is 0 Å². The number of hydrogen-bond acceptors (Lipinski definition) is 1. The van der Waals surface area contributed by atoms with E-state index in [1.807, 2.05) is 0 Å². The number of allylic oxidation sites excluding steroid dienone is 2. The van der Waals surface area contributed by atoms with Gasteiger partial charge in [-0.1, -0.05) is 62.2 Å². The van der Waals surface area contributed by atoms with Crippen molar-refractivity contribution in [1.82, 2.24) is 0 Å². The lowest BCUT2D eigenvalue weighted by molar-refractivity contribution is 0.370. The van der Waals surface area contributed by atoms with Gasteiger partial charge in [-0.3, -0.25) is 0 Å². The molecule has 1 fully saturated rings. The molecule has 1 nitrogen and oxygen atoms in total. The van der Waals surface area contributed by atoms with Crippen LogP contribution in [0, 0.1) is 17.6 Å². The summed E-state index contributed by atoms with van der Waals surface area (Å²) < 4.78 is 32.7. The average Bonchev–Trinajstić information content (AvgIpc) is 2.80. The normalized spacial score (nSPS) is 19.1. The topological polar surface area (TPSA) is 9.23 Å². The molecule has 0 unspecified atom stereocenters. The number of unbranched alkanes of at least 4 members (excludes halogenated alkanes) is 2. The fourth-order valence-electron chi connectivity index (χ4n) is 4.63. The van der Waals surface area contributed by atoms with Crippen molar-refractivity contribution in [2.24, 2.45) is 5.92 Å². The molecule has 0 aliphatic heterocycles. The zero-order valence-electron chi connectivity index (χ0n) is 19.0.